The Balaban J connectivity index is 2.70. The van der Waals surface area contributed by atoms with Crippen molar-refractivity contribution in [3.05, 3.63) is 29.8 Å². The molecule has 17 heavy (non-hydrogen) atoms. The van der Waals surface area contributed by atoms with Crippen molar-refractivity contribution in [1.29, 1.82) is 0 Å². The first-order chi connectivity index (χ1) is 8.19. The van der Waals surface area contributed by atoms with E-state index in [9.17, 15) is 4.79 Å². The van der Waals surface area contributed by atoms with E-state index >= 15 is 0 Å². The minimum Gasteiger partial charge on any atom is -0.494 e. The second-order valence-electron chi connectivity index (χ2n) is 4.16. The molecule has 0 heterocycles. The number of hydrogen-bond acceptors (Lipinski definition) is 3. The van der Waals surface area contributed by atoms with Gasteiger partial charge in [0.1, 0.15) is 5.75 Å². The fraction of sp³-hybridized carbons (Fsp3) is 0.500. The highest BCUT2D eigenvalue weighted by Crippen LogP contribution is 2.18. The van der Waals surface area contributed by atoms with Crippen molar-refractivity contribution in [1.82, 2.24) is 0 Å². The number of carbonyl (C=O) groups is 1. The second-order valence-corrected chi connectivity index (χ2v) is 4.16. The van der Waals surface area contributed by atoms with Gasteiger partial charge in [0.15, 0.2) is 5.78 Å². The number of benzene rings is 1. The third-order valence-corrected chi connectivity index (χ3v) is 2.72. The molecular weight excluding hydrogens is 214 g/mol. The maximum absolute atomic E-state index is 12.1. The summed E-state index contributed by atoms with van der Waals surface area (Å²) in [5, 5.41) is 0. The average Bonchev–Trinajstić information content (AvgIpc) is 2.35. The molecule has 0 saturated heterocycles. The molecule has 0 aliphatic heterocycles. The van der Waals surface area contributed by atoms with Gasteiger partial charge in [0.2, 0.25) is 0 Å². The molecule has 1 atom stereocenters. The molecule has 0 radical (unpaired) electrons. The van der Waals surface area contributed by atoms with Crippen molar-refractivity contribution in [2.45, 2.75) is 26.7 Å². The lowest BCUT2D eigenvalue weighted by molar-refractivity contribution is 0.0923. The molecule has 0 aromatic heterocycles. The van der Waals surface area contributed by atoms with E-state index in [1.165, 1.54) is 0 Å². The minimum absolute atomic E-state index is 0.0235. The number of Topliss-reactive ketones (excluding diaryl/α,β-unsaturated/α-hetero) is 1. The molecule has 0 aliphatic rings. The van der Waals surface area contributed by atoms with Gasteiger partial charge in [-0.15, -0.1) is 0 Å². The maximum Gasteiger partial charge on any atom is 0.165 e. The summed E-state index contributed by atoms with van der Waals surface area (Å²) in [5.74, 6) is 0.944. The van der Waals surface area contributed by atoms with Crippen molar-refractivity contribution < 1.29 is 9.53 Å². The van der Waals surface area contributed by atoms with Crippen LogP contribution in [0.2, 0.25) is 0 Å². The molecular formula is C14H21NO2. The first kappa shape index (κ1) is 13.7. The van der Waals surface area contributed by atoms with Gasteiger partial charge in [0, 0.05) is 11.5 Å². The predicted octanol–water partition coefficient (Wildman–Crippen LogP) is 2.64. The summed E-state index contributed by atoms with van der Waals surface area (Å²) in [6.45, 7) is 5.13. The number of nitrogens with two attached hydrogens (primary N) is 1. The molecule has 3 heteroatoms. The lowest BCUT2D eigenvalue weighted by Crippen LogP contribution is -2.13. The first-order valence-electron chi connectivity index (χ1n) is 6.16. The number of carbonyl (C=O) groups excluding carboxylic acids is 1. The number of hydrogen-bond donors (Lipinski definition) is 1. The molecule has 94 valence electrons. The van der Waals surface area contributed by atoms with E-state index in [2.05, 4.69) is 0 Å². The van der Waals surface area contributed by atoms with E-state index < -0.39 is 0 Å². The summed E-state index contributed by atoms with van der Waals surface area (Å²) in [4.78, 5) is 12.1. The smallest absolute Gasteiger partial charge is 0.165 e. The van der Waals surface area contributed by atoms with Gasteiger partial charge in [0.05, 0.1) is 6.61 Å². The third kappa shape index (κ3) is 4.19. The Hall–Kier alpha value is -1.35. The summed E-state index contributed by atoms with van der Waals surface area (Å²) in [5.41, 5.74) is 6.17. The topological polar surface area (TPSA) is 52.3 Å². The van der Waals surface area contributed by atoms with Crippen molar-refractivity contribution in [3.63, 3.8) is 0 Å². The average molecular weight is 235 g/mol. The van der Waals surface area contributed by atoms with Gasteiger partial charge in [-0.2, -0.15) is 0 Å². The van der Waals surface area contributed by atoms with Crippen LogP contribution in [0.1, 0.15) is 37.0 Å². The Bertz CT molecular complexity index is 363. The first-order valence-corrected chi connectivity index (χ1v) is 6.16. The van der Waals surface area contributed by atoms with Crippen molar-refractivity contribution >= 4 is 5.78 Å². The molecule has 0 spiro atoms. The maximum atomic E-state index is 12.1. The van der Waals surface area contributed by atoms with Gasteiger partial charge in [-0.25, -0.2) is 0 Å². The van der Waals surface area contributed by atoms with E-state index in [-0.39, 0.29) is 11.7 Å². The van der Waals surface area contributed by atoms with E-state index in [0.29, 0.717) is 13.2 Å². The fourth-order valence-electron chi connectivity index (χ4n) is 1.75. The van der Waals surface area contributed by atoms with Gasteiger partial charge in [0.25, 0.3) is 0 Å². The SMILES string of the molecule is CCOc1cccc(C(=O)C(C)CCCN)c1. The van der Waals surface area contributed by atoms with Crippen LogP contribution in [0.4, 0.5) is 0 Å². The van der Waals surface area contributed by atoms with Crippen LogP contribution < -0.4 is 10.5 Å². The molecule has 2 N–H and O–H groups in total. The van der Waals surface area contributed by atoms with E-state index in [0.717, 1.165) is 24.2 Å². The number of rotatable bonds is 7. The van der Waals surface area contributed by atoms with Crippen LogP contribution in [-0.4, -0.2) is 18.9 Å². The highest BCUT2D eigenvalue weighted by molar-refractivity contribution is 5.97. The molecule has 0 bridgehead atoms. The van der Waals surface area contributed by atoms with Gasteiger partial charge < -0.3 is 10.5 Å². The Labute approximate surface area is 103 Å². The highest BCUT2D eigenvalue weighted by atomic mass is 16.5. The zero-order chi connectivity index (χ0) is 12.7. The zero-order valence-corrected chi connectivity index (χ0v) is 10.6. The van der Waals surface area contributed by atoms with Crippen LogP contribution in [0.25, 0.3) is 0 Å². The van der Waals surface area contributed by atoms with Crippen molar-refractivity contribution in [2.24, 2.45) is 11.7 Å². The van der Waals surface area contributed by atoms with Crippen LogP contribution >= 0.6 is 0 Å². The minimum atomic E-state index is 0.0235. The van der Waals surface area contributed by atoms with Crippen LogP contribution in [0.5, 0.6) is 5.75 Å². The standard InChI is InChI=1S/C14H21NO2/c1-3-17-13-8-4-7-12(10-13)14(16)11(2)6-5-9-15/h4,7-8,10-11H,3,5-6,9,15H2,1-2H3. The van der Waals surface area contributed by atoms with E-state index in [1.54, 1.807) is 0 Å². The lowest BCUT2D eigenvalue weighted by Gasteiger charge is -2.11. The lowest BCUT2D eigenvalue weighted by atomic mass is 9.95. The van der Waals surface area contributed by atoms with Gasteiger partial charge in [-0.05, 0) is 38.4 Å². The van der Waals surface area contributed by atoms with Crippen LogP contribution in [0.15, 0.2) is 24.3 Å². The molecule has 0 saturated carbocycles. The quantitative estimate of drug-likeness (QED) is 0.739. The summed E-state index contributed by atoms with van der Waals surface area (Å²) < 4.78 is 5.39. The summed E-state index contributed by atoms with van der Waals surface area (Å²) >= 11 is 0. The summed E-state index contributed by atoms with van der Waals surface area (Å²) in [6.07, 6.45) is 1.73. The molecule has 1 aromatic carbocycles. The molecule has 1 aromatic rings. The number of ketones is 1. The molecule has 1 unspecified atom stereocenters. The Kier molecular flexibility index (Phi) is 5.70. The zero-order valence-electron chi connectivity index (χ0n) is 10.6. The normalized spacial score (nSPS) is 12.2. The Morgan fingerprint density at radius 2 is 2.24 bits per heavy atom. The summed E-state index contributed by atoms with van der Waals surface area (Å²) in [6, 6.07) is 7.37. The van der Waals surface area contributed by atoms with Crippen LogP contribution in [0.3, 0.4) is 0 Å². The highest BCUT2D eigenvalue weighted by Gasteiger charge is 2.14. The molecule has 0 aliphatic carbocycles. The van der Waals surface area contributed by atoms with Gasteiger partial charge in [-0.1, -0.05) is 19.1 Å². The third-order valence-electron chi connectivity index (χ3n) is 2.72. The molecule has 1 rings (SSSR count). The van der Waals surface area contributed by atoms with Gasteiger partial charge in [-0.3, -0.25) is 4.79 Å². The second kappa shape index (κ2) is 7.07. The van der Waals surface area contributed by atoms with Crippen molar-refractivity contribution in [3.8, 4) is 5.75 Å². The van der Waals surface area contributed by atoms with Gasteiger partial charge >= 0.3 is 0 Å². The monoisotopic (exact) mass is 235 g/mol. The Morgan fingerprint density at radius 1 is 1.47 bits per heavy atom. The Morgan fingerprint density at radius 3 is 2.88 bits per heavy atom. The molecule has 0 fully saturated rings. The fourth-order valence-corrected chi connectivity index (χ4v) is 1.75. The van der Waals surface area contributed by atoms with Crippen LogP contribution in [0, 0.1) is 5.92 Å². The molecule has 0 amide bonds. The number of ether oxygens (including phenoxy) is 1. The molecule has 3 nitrogen and oxygen atoms in total. The largest absolute Gasteiger partial charge is 0.494 e. The van der Waals surface area contributed by atoms with E-state index in [4.69, 9.17) is 10.5 Å². The van der Waals surface area contributed by atoms with E-state index in [1.807, 2.05) is 38.1 Å². The summed E-state index contributed by atoms with van der Waals surface area (Å²) in [7, 11) is 0. The van der Waals surface area contributed by atoms with Crippen LogP contribution in [-0.2, 0) is 0 Å². The van der Waals surface area contributed by atoms with Crippen molar-refractivity contribution in [2.75, 3.05) is 13.2 Å². The predicted molar refractivity (Wildman–Crippen MR) is 69.4 cm³/mol.